The van der Waals surface area contributed by atoms with Crippen LogP contribution in [0.2, 0.25) is 5.02 Å². The number of hydrogen-bond donors (Lipinski definition) is 4. The van der Waals surface area contributed by atoms with Gasteiger partial charge in [-0.2, -0.15) is 0 Å². The smallest absolute Gasteiger partial charge is 0.405 e. The Hall–Kier alpha value is -4.21. The van der Waals surface area contributed by atoms with Gasteiger partial charge in [-0.05, 0) is 53.3 Å². The predicted octanol–water partition coefficient (Wildman–Crippen LogP) is 6.25. The molecule has 0 saturated carbocycles. The third-order valence-corrected chi connectivity index (χ3v) is 8.09. The van der Waals surface area contributed by atoms with Crippen molar-refractivity contribution in [2.45, 2.75) is 43.6 Å². The van der Waals surface area contributed by atoms with Crippen LogP contribution in [0.15, 0.2) is 109 Å². The summed E-state index contributed by atoms with van der Waals surface area (Å²) >= 11 is 5.97. The van der Waals surface area contributed by atoms with Crippen LogP contribution in [-0.2, 0) is 27.3 Å². The molecule has 9 heteroatoms. The number of anilines is 1. The molecule has 234 valence electrons. The fourth-order valence-corrected chi connectivity index (χ4v) is 5.78. The highest BCUT2D eigenvalue weighted by Gasteiger charge is 2.33. The van der Waals surface area contributed by atoms with E-state index in [4.69, 9.17) is 21.1 Å². The molecule has 1 heterocycles. The number of aryl methyl sites for hydroxylation is 1. The molecule has 0 radical (unpaired) electrons. The molecule has 0 aliphatic carbocycles. The summed E-state index contributed by atoms with van der Waals surface area (Å²) in [5, 5.41) is 19.4. The number of nitrogens with one attached hydrogen (secondary N) is 3. The van der Waals surface area contributed by atoms with Crippen molar-refractivity contribution in [1.29, 1.82) is 0 Å². The van der Waals surface area contributed by atoms with Gasteiger partial charge in [0.25, 0.3) is 0 Å². The van der Waals surface area contributed by atoms with Crippen molar-refractivity contribution in [1.82, 2.24) is 10.6 Å². The molecule has 3 atom stereocenters. The maximum Gasteiger partial charge on any atom is 0.405 e. The van der Waals surface area contributed by atoms with Crippen molar-refractivity contribution in [3.05, 3.63) is 136 Å². The van der Waals surface area contributed by atoms with Crippen LogP contribution in [0.4, 0.5) is 10.5 Å². The van der Waals surface area contributed by atoms with Crippen molar-refractivity contribution in [2.24, 2.45) is 0 Å². The van der Waals surface area contributed by atoms with E-state index in [9.17, 15) is 14.7 Å². The van der Waals surface area contributed by atoms with Crippen LogP contribution in [-0.4, -0.2) is 55.1 Å². The summed E-state index contributed by atoms with van der Waals surface area (Å²) < 4.78 is 12.2. The third-order valence-electron chi connectivity index (χ3n) is 7.84. The number of carboxylic acid groups (broad SMARTS) is 1. The van der Waals surface area contributed by atoms with E-state index in [0.717, 1.165) is 35.2 Å². The summed E-state index contributed by atoms with van der Waals surface area (Å²) in [4.78, 5) is 25.8. The normalized spacial score (nSPS) is 17.0. The second-order valence-corrected chi connectivity index (χ2v) is 11.5. The lowest BCUT2D eigenvalue weighted by Gasteiger charge is -2.31. The number of para-hydroxylation sites is 1. The van der Waals surface area contributed by atoms with E-state index in [1.807, 2.05) is 109 Å². The van der Waals surface area contributed by atoms with Crippen LogP contribution in [0, 0.1) is 0 Å². The summed E-state index contributed by atoms with van der Waals surface area (Å²) in [5.41, 5.74) is 4.31. The molecule has 4 aromatic rings. The Morgan fingerprint density at radius 2 is 1.49 bits per heavy atom. The Bertz CT molecular complexity index is 1480. The van der Waals surface area contributed by atoms with Crippen LogP contribution in [0.1, 0.15) is 34.6 Å². The Kier molecular flexibility index (Phi) is 11.6. The Morgan fingerprint density at radius 3 is 2.16 bits per heavy atom. The van der Waals surface area contributed by atoms with E-state index >= 15 is 0 Å². The molecule has 1 aliphatic rings. The first-order chi connectivity index (χ1) is 22.0. The number of halogens is 1. The van der Waals surface area contributed by atoms with Gasteiger partial charge < -0.3 is 30.5 Å². The third kappa shape index (κ3) is 9.39. The lowest BCUT2D eigenvalue weighted by Crippen LogP contribution is -2.47. The van der Waals surface area contributed by atoms with Crippen LogP contribution < -0.4 is 16.0 Å². The first-order valence-electron chi connectivity index (χ1n) is 15.1. The number of ether oxygens (including phenoxy) is 2. The summed E-state index contributed by atoms with van der Waals surface area (Å²) in [7, 11) is 0. The van der Waals surface area contributed by atoms with E-state index in [2.05, 4.69) is 16.0 Å². The first kappa shape index (κ1) is 32.2. The fraction of sp³-hybridized carbons (Fsp3) is 0.278. The van der Waals surface area contributed by atoms with Crippen LogP contribution >= 0.6 is 11.6 Å². The van der Waals surface area contributed by atoms with Gasteiger partial charge in [0.15, 0.2) is 0 Å². The molecule has 2 amide bonds. The van der Waals surface area contributed by atoms with Gasteiger partial charge in [0.2, 0.25) is 5.91 Å². The van der Waals surface area contributed by atoms with Gasteiger partial charge in [0.1, 0.15) is 6.04 Å². The van der Waals surface area contributed by atoms with Crippen LogP contribution in [0.25, 0.3) is 0 Å². The predicted molar refractivity (Wildman–Crippen MR) is 176 cm³/mol. The molecular formula is C36H38ClN3O5. The lowest BCUT2D eigenvalue weighted by atomic mass is 9.84. The van der Waals surface area contributed by atoms with Gasteiger partial charge in [0, 0.05) is 29.7 Å². The number of amides is 2. The minimum atomic E-state index is -1.27. The van der Waals surface area contributed by atoms with Gasteiger partial charge in [0.05, 0.1) is 25.4 Å². The lowest BCUT2D eigenvalue weighted by molar-refractivity contribution is -0.118. The SMILES string of the molecule is O=C(O)N[C@H](C(=O)Nc1ccccc1CC[C@@H]1CNC[C@@H](COCc2ccc(Cl)cc2)O1)C(c1ccccc1)c1ccccc1. The van der Waals surface area contributed by atoms with Gasteiger partial charge in [-0.3, -0.25) is 4.79 Å². The van der Waals surface area contributed by atoms with Crippen LogP contribution in [0.3, 0.4) is 0 Å². The molecule has 45 heavy (non-hydrogen) atoms. The number of morpholine rings is 1. The first-order valence-corrected chi connectivity index (χ1v) is 15.5. The highest BCUT2D eigenvalue weighted by atomic mass is 35.5. The molecule has 5 rings (SSSR count). The number of benzene rings is 4. The fourth-order valence-electron chi connectivity index (χ4n) is 5.65. The number of carbonyl (C=O) groups is 2. The molecular weight excluding hydrogens is 590 g/mol. The second kappa shape index (κ2) is 16.2. The summed E-state index contributed by atoms with van der Waals surface area (Å²) in [6.07, 6.45) is 0.0457. The largest absolute Gasteiger partial charge is 0.465 e. The van der Waals surface area contributed by atoms with E-state index in [-0.39, 0.29) is 12.2 Å². The van der Waals surface area contributed by atoms with Crippen molar-refractivity contribution >= 4 is 29.3 Å². The zero-order valence-electron chi connectivity index (χ0n) is 24.9. The van der Waals surface area contributed by atoms with Gasteiger partial charge in [-0.15, -0.1) is 0 Å². The summed E-state index contributed by atoms with van der Waals surface area (Å²) in [6, 6.07) is 33.1. The summed E-state index contributed by atoms with van der Waals surface area (Å²) in [5.74, 6) is -0.966. The molecule has 0 aromatic heterocycles. The van der Waals surface area contributed by atoms with Crippen molar-refractivity contribution in [2.75, 3.05) is 25.0 Å². The van der Waals surface area contributed by atoms with E-state index in [0.29, 0.717) is 36.9 Å². The van der Waals surface area contributed by atoms with E-state index in [1.54, 1.807) is 0 Å². The minimum absolute atomic E-state index is 0.0198. The average Bonchev–Trinajstić information content (AvgIpc) is 3.06. The molecule has 8 nitrogen and oxygen atoms in total. The molecule has 1 fully saturated rings. The molecule has 0 spiro atoms. The van der Waals surface area contributed by atoms with Gasteiger partial charge in [-0.25, -0.2) is 4.79 Å². The minimum Gasteiger partial charge on any atom is -0.465 e. The highest BCUT2D eigenvalue weighted by molar-refractivity contribution is 6.30. The highest BCUT2D eigenvalue weighted by Crippen LogP contribution is 2.30. The van der Waals surface area contributed by atoms with Crippen LogP contribution in [0.5, 0.6) is 0 Å². The molecule has 4 N–H and O–H groups in total. The molecule has 1 aliphatic heterocycles. The molecule has 4 aromatic carbocycles. The Labute approximate surface area is 268 Å². The monoisotopic (exact) mass is 627 g/mol. The quantitative estimate of drug-likeness (QED) is 0.139. The molecule has 0 bridgehead atoms. The average molecular weight is 628 g/mol. The number of rotatable bonds is 13. The molecule has 0 unspecified atom stereocenters. The topological polar surface area (TPSA) is 109 Å². The standard InChI is InChI=1S/C36H38ClN3O5/c37-29-18-15-25(16-19-29)23-44-24-31-22-38-21-30(45-31)20-17-26-9-7-8-14-32(26)39-35(41)34(40-36(42)43)33(27-10-3-1-4-11-27)28-12-5-2-6-13-28/h1-16,18-19,30-31,33-34,38,40H,17,20-24H2,(H,39,41)(H,42,43)/t30-,31+,34+/m1/s1. The maximum absolute atomic E-state index is 13.9. The molecule has 1 saturated heterocycles. The van der Waals surface area contributed by atoms with E-state index in [1.165, 1.54) is 0 Å². The van der Waals surface area contributed by atoms with Gasteiger partial charge >= 0.3 is 6.09 Å². The Morgan fingerprint density at radius 1 is 0.867 bits per heavy atom. The Balaban J connectivity index is 1.23. The zero-order chi connectivity index (χ0) is 31.4. The zero-order valence-corrected chi connectivity index (χ0v) is 25.7. The number of hydrogen-bond acceptors (Lipinski definition) is 5. The summed E-state index contributed by atoms with van der Waals surface area (Å²) in [6.45, 7) is 2.40. The van der Waals surface area contributed by atoms with Crippen molar-refractivity contribution < 1.29 is 24.2 Å². The van der Waals surface area contributed by atoms with Crippen molar-refractivity contribution in [3.8, 4) is 0 Å². The maximum atomic E-state index is 13.9. The van der Waals surface area contributed by atoms with E-state index < -0.39 is 24.0 Å². The van der Waals surface area contributed by atoms with Crippen molar-refractivity contribution in [3.63, 3.8) is 0 Å². The number of carbonyl (C=O) groups excluding carboxylic acids is 1. The second-order valence-electron chi connectivity index (χ2n) is 11.1. The van der Waals surface area contributed by atoms with Gasteiger partial charge in [-0.1, -0.05) is 103 Å².